The molecule has 1 rings (SSSR count). The van der Waals surface area contributed by atoms with Gasteiger partial charge >= 0.3 is 6.03 Å². The fourth-order valence-electron chi connectivity index (χ4n) is 1.83. The molecule has 4 amide bonds. The van der Waals surface area contributed by atoms with Crippen LogP contribution in [0, 0.1) is 5.41 Å². The van der Waals surface area contributed by atoms with Crippen molar-refractivity contribution in [3.63, 3.8) is 0 Å². The van der Waals surface area contributed by atoms with Gasteiger partial charge in [0.1, 0.15) is 5.41 Å². The Balaban J connectivity index is 2.92. The quantitative estimate of drug-likeness (QED) is 0.496. The van der Waals surface area contributed by atoms with Crippen LogP contribution in [0.15, 0.2) is 0 Å². The number of urea groups is 1. The second-order valence-electron chi connectivity index (χ2n) is 3.90. The van der Waals surface area contributed by atoms with Gasteiger partial charge in [0.2, 0.25) is 11.8 Å². The van der Waals surface area contributed by atoms with Gasteiger partial charge in [-0.3, -0.25) is 20.2 Å². The monoisotopic (exact) mass is 244 g/mol. The number of imide groups is 2. The topological polar surface area (TPSA) is 75.3 Å². The molecule has 0 bridgehead atoms. The van der Waals surface area contributed by atoms with E-state index >= 15 is 0 Å². The molecule has 5 nitrogen and oxygen atoms in total. The highest BCUT2D eigenvalue weighted by Crippen LogP contribution is 2.31. The number of rotatable bonds is 5. The molecule has 0 unspecified atom stereocenters. The van der Waals surface area contributed by atoms with Crippen LogP contribution in [0.5, 0.6) is 0 Å². The zero-order valence-corrected chi connectivity index (χ0v) is 10.1. The van der Waals surface area contributed by atoms with Gasteiger partial charge < -0.3 is 0 Å². The van der Waals surface area contributed by atoms with Crippen molar-refractivity contribution < 1.29 is 14.4 Å². The number of thiol groups is 1. The van der Waals surface area contributed by atoms with Gasteiger partial charge in [0.05, 0.1) is 0 Å². The highest BCUT2D eigenvalue weighted by Gasteiger charge is 2.48. The Hall–Kier alpha value is -1.04. The lowest BCUT2D eigenvalue weighted by atomic mass is 9.77. The van der Waals surface area contributed by atoms with E-state index < -0.39 is 23.3 Å². The van der Waals surface area contributed by atoms with Crippen molar-refractivity contribution >= 4 is 30.5 Å². The predicted molar refractivity (Wildman–Crippen MR) is 62.1 cm³/mol. The summed E-state index contributed by atoms with van der Waals surface area (Å²) < 4.78 is 0. The van der Waals surface area contributed by atoms with Gasteiger partial charge in [-0.2, -0.15) is 12.6 Å². The molecule has 90 valence electrons. The zero-order valence-electron chi connectivity index (χ0n) is 9.21. The molecular formula is C10H16N2O3S. The largest absolute Gasteiger partial charge is 0.328 e. The molecule has 1 heterocycles. The van der Waals surface area contributed by atoms with Crippen molar-refractivity contribution in [1.82, 2.24) is 10.6 Å². The van der Waals surface area contributed by atoms with Gasteiger partial charge in [0.25, 0.3) is 0 Å². The summed E-state index contributed by atoms with van der Waals surface area (Å²) >= 11 is 4.07. The minimum atomic E-state index is -1.12. The summed E-state index contributed by atoms with van der Waals surface area (Å²) in [5.41, 5.74) is -1.12. The number of barbiturate groups is 1. The second kappa shape index (κ2) is 5.34. The standard InChI is InChI=1S/C10H16N2O3S/c1-2-3-4-10(5-6-16)7(13)11-9(15)12-8(10)14/h16H,2-6H2,1H3,(H2,11,12,13,14,15). The Kier molecular flexibility index (Phi) is 4.35. The number of unbranched alkanes of at least 4 members (excludes halogenated alkanes) is 1. The molecule has 0 aromatic rings. The van der Waals surface area contributed by atoms with E-state index in [-0.39, 0.29) is 0 Å². The van der Waals surface area contributed by atoms with Gasteiger partial charge in [-0.25, -0.2) is 4.79 Å². The van der Waals surface area contributed by atoms with Crippen LogP contribution in [0.3, 0.4) is 0 Å². The summed E-state index contributed by atoms with van der Waals surface area (Å²) in [6.07, 6.45) is 2.46. The number of carbonyl (C=O) groups excluding carboxylic acids is 3. The van der Waals surface area contributed by atoms with Crippen molar-refractivity contribution in [2.45, 2.75) is 32.6 Å². The Bertz CT molecular complexity index is 297. The Morgan fingerprint density at radius 2 is 1.69 bits per heavy atom. The summed E-state index contributed by atoms with van der Waals surface area (Å²) in [6, 6.07) is -0.735. The SMILES string of the molecule is CCCCC1(CCS)C(=O)NC(=O)NC1=O. The predicted octanol–water partition coefficient (Wildman–Crippen LogP) is 0.849. The van der Waals surface area contributed by atoms with E-state index in [9.17, 15) is 14.4 Å². The van der Waals surface area contributed by atoms with E-state index in [1.165, 1.54) is 0 Å². The minimum Gasteiger partial charge on any atom is -0.277 e. The van der Waals surface area contributed by atoms with Crippen LogP contribution < -0.4 is 10.6 Å². The first-order valence-electron chi connectivity index (χ1n) is 5.34. The average molecular weight is 244 g/mol. The van der Waals surface area contributed by atoms with Crippen LogP contribution in [-0.4, -0.2) is 23.6 Å². The van der Waals surface area contributed by atoms with Crippen molar-refractivity contribution in [2.24, 2.45) is 5.41 Å². The summed E-state index contributed by atoms with van der Waals surface area (Å²) in [7, 11) is 0. The van der Waals surface area contributed by atoms with Gasteiger partial charge in [-0.05, 0) is 18.6 Å². The first kappa shape index (κ1) is 13.0. The molecule has 1 saturated heterocycles. The van der Waals surface area contributed by atoms with Gasteiger partial charge in [-0.1, -0.05) is 19.8 Å². The third-order valence-electron chi connectivity index (χ3n) is 2.82. The van der Waals surface area contributed by atoms with E-state index in [4.69, 9.17) is 0 Å². The van der Waals surface area contributed by atoms with Crippen molar-refractivity contribution in [1.29, 1.82) is 0 Å². The van der Waals surface area contributed by atoms with Gasteiger partial charge in [0.15, 0.2) is 0 Å². The van der Waals surface area contributed by atoms with Gasteiger partial charge in [-0.15, -0.1) is 0 Å². The molecule has 0 spiro atoms. The Labute approximate surface area is 99.8 Å². The van der Waals surface area contributed by atoms with Gasteiger partial charge in [0, 0.05) is 0 Å². The smallest absolute Gasteiger partial charge is 0.277 e. The molecule has 2 N–H and O–H groups in total. The molecule has 0 aromatic carbocycles. The maximum Gasteiger partial charge on any atom is 0.328 e. The van der Waals surface area contributed by atoms with Crippen LogP contribution in [0.4, 0.5) is 4.79 Å². The molecule has 0 aromatic heterocycles. The van der Waals surface area contributed by atoms with Crippen LogP contribution in [0.1, 0.15) is 32.6 Å². The first-order chi connectivity index (χ1) is 7.56. The molecule has 0 atom stereocenters. The van der Waals surface area contributed by atoms with Crippen LogP contribution >= 0.6 is 12.6 Å². The molecule has 1 aliphatic heterocycles. The number of carbonyl (C=O) groups is 3. The van der Waals surface area contributed by atoms with E-state index in [0.717, 1.165) is 12.8 Å². The highest BCUT2D eigenvalue weighted by atomic mass is 32.1. The molecule has 1 aliphatic rings. The number of nitrogens with one attached hydrogen (secondary N) is 2. The number of hydrogen-bond acceptors (Lipinski definition) is 4. The fraction of sp³-hybridized carbons (Fsp3) is 0.700. The third kappa shape index (κ3) is 2.37. The molecule has 6 heteroatoms. The van der Waals surface area contributed by atoms with E-state index in [0.29, 0.717) is 18.6 Å². The molecule has 0 aliphatic carbocycles. The summed E-state index contributed by atoms with van der Waals surface area (Å²) in [6.45, 7) is 1.98. The average Bonchev–Trinajstić information content (AvgIpc) is 2.22. The van der Waals surface area contributed by atoms with Crippen LogP contribution in [0.25, 0.3) is 0 Å². The second-order valence-corrected chi connectivity index (χ2v) is 4.34. The number of hydrogen-bond donors (Lipinski definition) is 3. The highest BCUT2D eigenvalue weighted by molar-refractivity contribution is 7.80. The molecule has 0 saturated carbocycles. The maximum absolute atomic E-state index is 11.8. The molecule has 1 fully saturated rings. The normalized spacial score (nSPS) is 19.2. The number of amides is 4. The fourth-order valence-corrected chi connectivity index (χ4v) is 2.21. The third-order valence-corrected chi connectivity index (χ3v) is 3.04. The van der Waals surface area contributed by atoms with E-state index in [1.807, 2.05) is 6.92 Å². The zero-order chi connectivity index (χ0) is 12.2. The van der Waals surface area contributed by atoms with Crippen LogP contribution in [0.2, 0.25) is 0 Å². The lowest BCUT2D eigenvalue weighted by Crippen LogP contribution is -2.62. The summed E-state index contributed by atoms with van der Waals surface area (Å²) in [5.74, 6) is -0.564. The van der Waals surface area contributed by atoms with Crippen LogP contribution in [-0.2, 0) is 9.59 Å². The van der Waals surface area contributed by atoms with E-state index in [1.54, 1.807) is 0 Å². The Morgan fingerprint density at radius 1 is 1.12 bits per heavy atom. The molecule has 16 heavy (non-hydrogen) atoms. The lowest BCUT2D eigenvalue weighted by molar-refractivity contribution is -0.145. The Morgan fingerprint density at radius 3 is 2.12 bits per heavy atom. The van der Waals surface area contributed by atoms with Crippen molar-refractivity contribution in [3.05, 3.63) is 0 Å². The van der Waals surface area contributed by atoms with E-state index in [2.05, 4.69) is 23.3 Å². The molecular weight excluding hydrogens is 228 g/mol. The summed E-state index contributed by atoms with van der Waals surface area (Å²) in [5, 5.41) is 4.30. The summed E-state index contributed by atoms with van der Waals surface area (Å²) in [4.78, 5) is 34.6. The van der Waals surface area contributed by atoms with Crippen molar-refractivity contribution in [3.8, 4) is 0 Å². The maximum atomic E-state index is 11.8. The minimum absolute atomic E-state index is 0.348. The first-order valence-corrected chi connectivity index (χ1v) is 5.98. The molecule has 0 radical (unpaired) electrons. The van der Waals surface area contributed by atoms with Crippen molar-refractivity contribution in [2.75, 3.05) is 5.75 Å². The lowest BCUT2D eigenvalue weighted by Gasteiger charge is -2.33.